The van der Waals surface area contributed by atoms with Crippen LogP contribution < -0.4 is 14.8 Å². The number of nitrogens with zero attached hydrogens (tertiary/aromatic N) is 2. The molecule has 1 aromatic rings. The highest BCUT2D eigenvalue weighted by molar-refractivity contribution is 6.99. The van der Waals surface area contributed by atoms with Crippen LogP contribution in [0.25, 0.3) is 0 Å². The normalized spacial score (nSPS) is 12.7. The molecule has 0 radical (unpaired) electrons. The van der Waals surface area contributed by atoms with Crippen LogP contribution in [0, 0.1) is 0 Å². The van der Waals surface area contributed by atoms with Gasteiger partial charge < -0.3 is 19.9 Å². The summed E-state index contributed by atoms with van der Waals surface area (Å²) in [5, 5.41) is 13.0. The van der Waals surface area contributed by atoms with Gasteiger partial charge in [0.05, 0.1) is 18.3 Å². The SMILES string of the molecule is CCOc1nsnc1OCC(O)CNC(C)(C)C.Cl. The third kappa shape index (κ3) is 7.51. The number of β-amino-alcohol motifs (C(OH)–C–C–N with tert-alkyl or cyclic N) is 1. The van der Waals surface area contributed by atoms with E-state index in [9.17, 15) is 5.11 Å². The Morgan fingerprint density at radius 3 is 2.37 bits per heavy atom. The van der Waals surface area contributed by atoms with Gasteiger partial charge in [0, 0.05) is 12.1 Å². The monoisotopic (exact) mass is 311 g/mol. The Hall–Kier alpha value is -0.630. The lowest BCUT2D eigenvalue weighted by atomic mass is 10.1. The number of hydrogen-bond acceptors (Lipinski definition) is 7. The van der Waals surface area contributed by atoms with Crippen molar-refractivity contribution in [1.29, 1.82) is 0 Å². The molecule has 0 aromatic carbocycles. The summed E-state index contributed by atoms with van der Waals surface area (Å²) < 4.78 is 18.5. The van der Waals surface area contributed by atoms with Gasteiger partial charge in [0.15, 0.2) is 0 Å². The van der Waals surface area contributed by atoms with Gasteiger partial charge in [-0.1, -0.05) is 0 Å². The van der Waals surface area contributed by atoms with Crippen LogP contribution in [0.3, 0.4) is 0 Å². The van der Waals surface area contributed by atoms with Crippen LogP contribution in [0.2, 0.25) is 0 Å². The first-order valence-electron chi connectivity index (χ1n) is 5.93. The van der Waals surface area contributed by atoms with Crippen molar-refractivity contribution in [2.45, 2.75) is 39.3 Å². The summed E-state index contributed by atoms with van der Waals surface area (Å²) in [6, 6.07) is 0. The van der Waals surface area contributed by atoms with Crippen LogP contribution in [0.1, 0.15) is 27.7 Å². The van der Waals surface area contributed by atoms with Crippen molar-refractivity contribution in [3.63, 3.8) is 0 Å². The summed E-state index contributed by atoms with van der Waals surface area (Å²) in [5.74, 6) is 0.732. The molecule has 1 heterocycles. The maximum atomic E-state index is 9.76. The predicted octanol–water partition coefficient (Wildman–Crippen LogP) is 1.49. The fraction of sp³-hybridized carbons (Fsp3) is 0.818. The van der Waals surface area contributed by atoms with Crippen molar-refractivity contribution in [1.82, 2.24) is 14.1 Å². The lowest BCUT2D eigenvalue weighted by Crippen LogP contribution is -2.42. The van der Waals surface area contributed by atoms with Gasteiger partial charge >= 0.3 is 0 Å². The highest BCUT2D eigenvalue weighted by Gasteiger charge is 2.15. The van der Waals surface area contributed by atoms with E-state index in [1.54, 1.807) is 0 Å². The first kappa shape index (κ1) is 18.4. The third-order valence-electron chi connectivity index (χ3n) is 1.99. The van der Waals surface area contributed by atoms with Crippen LogP contribution in [-0.2, 0) is 0 Å². The molecule has 0 aliphatic rings. The fourth-order valence-corrected chi connectivity index (χ4v) is 1.59. The third-order valence-corrected chi connectivity index (χ3v) is 2.49. The summed E-state index contributed by atoms with van der Waals surface area (Å²) >= 11 is 1.03. The molecule has 112 valence electrons. The van der Waals surface area contributed by atoms with Crippen LogP contribution in [0.4, 0.5) is 0 Å². The molecule has 1 aromatic heterocycles. The molecule has 0 saturated carbocycles. The van der Waals surface area contributed by atoms with Gasteiger partial charge in [0.2, 0.25) is 0 Å². The van der Waals surface area contributed by atoms with Gasteiger partial charge in [-0.2, -0.15) is 0 Å². The molecule has 1 rings (SSSR count). The van der Waals surface area contributed by atoms with E-state index < -0.39 is 6.10 Å². The second kappa shape index (κ2) is 8.52. The Kier molecular flexibility index (Phi) is 8.24. The quantitative estimate of drug-likeness (QED) is 0.794. The Balaban J connectivity index is 0.00000324. The number of hydrogen-bond donors (Lipinski definition) is 2. The van der Waals surface area contributed by atoms with E-state index >= 15 is 0 Å². The van der Waals surface area contributed by atoms with E-state index in [-0.39, 0.29) is 24.6 Å². The summed E-state index contributed by atoms with van der Waals surface area (Å²) in [5.41, 5.74) is -0.0281. The molecular formula is C11H22ClN3O3S. The smallest absolute Gasteiger partial charge is 0.291 e. The second-order valence-corrected chi connectivity index (χ2v) is 5.43. The molecule has 0 aliphatic heterocycles. The average molecular weight is 312 g/mol. The number of halogens is 1. The molecule has 0 spiro atoms. The number of rotatable bonds is 7. The van der Waals surface area contributed by atoms with Crippen molar-refractivity contribution >= 4 is 24.1 Å². The zero-order valence-electron chi connectivity index (χ0n) is 11.7. The minimum absolute atomic E-state index is 0. The van der Waals surface area contributed by atoms with Crippen molar-refractivity contribution in [2.75, 3.05) is 19.8 Å². The van der Waals surface area contributed by atoms with E-state index in [0.29, 0.717) is 24.9 Å². The van der Waals surface area contributed by atoms with E-state index in [1.165, 1.54) is 0 Å². The Morgan fingerprint density at radius 1 is 1.26 bits per heavy atom. The predicted molar refractivity (Wildman–Crippen MR) is 77.6 cm³/mol. The highest BCUT2D eigenvalue weighted by Crippen LogP contribution is 2.23. The average Bonchev–Trinajstić information content (AvgIpc) is 2.71. The second-order valence-electron chi connectivity index (χ2n) is 4.90. The van der Waals surface area contributed by atoms with Crippen LogP contribution in [0.5, 0.6) is 11.8 Å². The molecule has 8 heteroatoms. The van der Waals surface area contributed by atoms with E-state index in [4.69, 9.17) is 9.47 Å². The minimum atomic E-state index is -0.597. The Morgan fingerprint density at radius 2 is 1.84 bits per heavy atom. The number of ether oxygens (including phenoxy) is 2. The van der Waals surface area contributed by atoms with E-state index in [1.807, 2.05) is 27.7 Å². The number of nitrogens with one attached hydrogen (secondary N) is 1. The standard InChI is InChI=1S/C11H21N3O3S.ClH/c1-5-16-9-10(14-18-13-9)17-7-8(15)6-12-11(2,3)4;/h8,12,15H,5-7H2,1-4H3;1H. The molecule has 0 fully saturated rings. The molecule has 6 nitrogen and oxygen atoms in total. The van der Waals surface area contributed by atoms with Crippen LogP contribution in [-0.4, -0.2) is 45.3 Å². The van der Waals surface area contributed by atoms with E-state index in [2.05, 4.69) is 14.1 Å². The van der Waals surface area contributed by atoms with Gasteiger partial charge in [0.25, 0.3) is 11.8 Å². The van der Waals surface area contributed by atoms with Gasteiger partial charge in [-0.05, 0) is 27.7 Å². The topological polar surface area (TPSA) is 76.5 Å². The van der Waals surface area contributed by atoms with E-state index in [0.717, 1.165) is 11.7 Å². The highest BCUT2D eigenvalue weighted by atomic mass is 35.5. The number of aliphatic hydroxyl groups excluding tert-OH is 1. The van der Waals surface area contributed by atoms with Crippen molar-refractivity contribution in [3.8, 4) is 11.8 Å². The van der Waals surface area contributed by atoms with Crippen LogP contribution >= 0.6 is 24.1 Å². The van der Waals surface area contributed by atoms with Crippen molar-refractivity contribution in [2.24, 2.45) is 0 Å². The van der Waals surface area contributed by atoms with Gasteiger partial charge in [-0.25, -0.2) is 0 Å². The van der Waals surface area contributed by atoms with Gasteiger partial charge in [-0.3, -0.25) is 0 Å². The fourth-order valence-electron chi connectivity index (χ4n) is 1.14. The first-order chi connectivity index (χ1) is 8.42. The summed E-state index contributed by atoms with van der Waals surface area (Å²) in [6.07, 6.45) is -0.597. The summed E-state index contributed by atoms with van der Waals surface area (Å²) in [7, 11) is 0. The molecule has 1 atom stereocenters. The molecule has 0 bridgehead atoms. The molecular weight excluding hydrogens is 290 g/mol. The molecule has 2 N–H and O–H groups in total. The Labute approximate surface area is 124 Å². The molecule has 0 saturated heterocycles. The van der Waals surface area contributed by atoms with Gasteiger partial charge in [0.1, 0.15) is 12.7 Å². The molecule has 0 aliphatic carbocycles. The van der Waals surface area contributed by atoms with Crippen molar-refractivity contribution < 1.29 is 14.6 Å². The first-order valence-corrected chi connectivity index (χ1v) is 6.66. The van der Waals surface area contributed by atoms with Gasteiger partial charge in [-0.15, -0.1) is 21.2 Å². The van der Waals surface area contributed by atoms with Crippen molar-refractivity contribution in [3.05, 3.63) is 0 Å². The number of aromatic nitrogens is 2. The Bertz CT molecular complexity index is 357. The maximum absolute atomic E-state index is 9.76. The zero-order valence-corrected chi connectivity index (χ0v) is 13.3. The molecule has 19 heavy (non-hydrogen) atoms. The van der Waals surface area contributed by atoms with Crippen LogP contribution in [0.15, 0.2) is 0 Å². The number of aliphatic hydroxyl groups is 1. The maximum Gasteiger partial charge on any atom is 0.291 e. The minimum Gasteiger partial charge on any atom is -0.473 e. The summed E-state index contributed by atoms with van der Waals surface area (Å²) in [4.78, 5) is 0. The largest absolute Gasteiger partial charge is 0.473 e. The molecule has 1 unspecified atom stereocenters. The zero-order chi connectivity index (χ0) is 13.6. The summed E-state index contributed by atoms with van der Waals surface area (Å²) in [6.45, 7) is 9.12. The molecule has 0 amide bonds. The lowest BCUT2D eigenvalue weighted by molar-refractivity contribution is 0.0959. The lowest BCUT2D eigenvalue weighted by Gasteiger charge is -2.22.